The Balaban J connectivity index is 2.35. The van der Waals surface area contributed by atoms with Crippen molar-refractivity contribution < 1.29 is 14.7 Å². The first-order valence-corrected chi connectivity index (χ1v) is 6.29. The van der Waals surface area contributed by atoms with Crippen LogP contribution >= 0.6 is 0 Å². The van der Waals surface area contributed by atoms with E-state index < -0.39 is 11.5 Å². The smallest absolute Gasteiger partial charge is 0.303 e. The van der Waals surface area contributed by atoms with Gasteiger partial charge in [-0.05, 0) is 32.3 Å². The summed E-state index contributed by atoms with van der Waals surface area (Å²) in [6.45, 7) is 3.66. The van der Waals surface area contributed by atoms with Gasteiger partial charge in [0.1, 0.15) is 0 Å². The van der Waals surface area contributed by atoms with E-state index in [-0.39, 0.29) is 12.3 Å². The lowest BCUT2D eigenvalue weighted by Gasteiger charge is -2.25. The van der Waals surface area contributed by atoms with E-state index in [0.29, 0.717) is 19.3 Å². The number of hydrogen-bond acceptors (Lipinski definition) is 3. The molecular formula is C13H21N3O3. The average Bonchev–Trinajstić information content (AvgIpc) is 2.69. The van der Waals surface area contributed by atoms with Crippen molar-refractivity contribution >= 4 is 11.9 Å². The fourth-order valence-electron chi connectivity index (χ4n) is 1.78. The van der Waals surface area contributed by atoms with Crippen molar-refractivity contribution in [2.75, 3.05) is 0 Å². The fourth-order valence-corrected chi connectivity index (χ4v) is 1.78. The third-order valence-corrected chi connectivity index (χ3v) is 2.84. The molecule has 0 aliphatic carbocycles. The molecule has 0 saturated heterocycles. The normalized spacial score (nSPS) is 11.3. The molecule has 0 saturated carbocycles. The molecule has 0 spiro atoms. The van der Waals surface area contributed by atoms with Gasteiger partial charge in [0.25, 0.3) is 0 Å². The highest BCUT2D eigenvalue weighted by atomic mass is 16.4. The van der Waals surface area contributed by atoms with Crippen molar-refractivity contribution in [3.05, 3.63) is 18.0 Å². The van der Waals surface area contributed by atoms with Crippen molar-refractivity contribution in [2.45, 2.75) is 45.1 Å². The molecule has 106 valence electrons. The second-order valence-corrected chi connectivity index (χ2v) is 5.35. The van der Waals surface area contributed by atoms with Crippen LogP contribution < -0.4 is 5.32 Å². The number of rotatable bonds is 7. The lowest BCUT2D eigenvalue weighted by molar-refractivity contribution is -0.137. The summed E-state index contributed by atoms with van der Waals surface area (Å²) in [4.78, 5) is 22.3. The fraction of sp³-hybridized carbons (Fsp3) is 0.615. The van der Waals surface area contributed by atoms with Gasteiger partial charge in [-0.15, -0.1) is 0 Å². The van der Waals surface area contributed by atoms with Crippen LogP contribution in [0.5, 0.6) is 0 Å². The quantitative estimate of drug-likeness (QED) is 0.775. The molecule has 0 fully saturated rings. The van der Waals surface area contributed by atoms with Gasteiger partial charge in [-0.1, -0.05) is 0 Å². The molecule has 1 rings (SSSR count). The summed E-state index contributed by atoms with van der Waals surface area (Å²) in [5, 5.41) is 15.5. The van der Waals surface area contributed by atoms with Gasteiger partial charge in [0, 0.05) is 31.6 Å². The molecule has 0 aromatic carbocycles. The van der Waals surface area contributed by atoms with Gasteiger partial charge >= 0.3 is 5.97 Å². The highest BCUT2D eigenvalue weighted by Crippen LogP contribution is 2.12. The van der Waals surface area contributed by atoms with E-state index in [1.807, 2.05) is 27.1 Å². The summed E-state index contributed by atoms with van der Waals surface area (Å²) < 4.78 is 1.70. The molecule has 6 heteroatoms. The minimum Gasteiger partial charge on any atom is -0.481 e. The number of carbonyl (C=O) groups excluding carboxylic acids is 1. The maximum atomic E-state index is 11.8. The summed E-state index contributed by atoms with van der Waals surface area (Å²) in [5.74, 6) is -0.920. The molecule has 0 radical (unpaired) electrons. The van der Waals surface area contributed by atoms with Crippen LogP contribution in [0.3, 0.4) is 0 Å². The van der Waals surface area contributed by atoms with Crippen LogP contribution in [0.1, 0.15) is 38.7 Å². The topological polar surface area (TPSA) is 84.2 Å². The minimum absolute atomic E-state index is 0.0515. The number of aliphatic carboxylic acids is 1. The molecule has 0 aliphatic rings. The predicted octanol–water partition coefficient (Wildman–Crippen LogP) is 1.11. The molecule has 1 aromatic rings. The SMILES string of the molecule is Cn1cc(CCC(=O)NC(C)(C)CCC(=O)O)cn1. The Morgan fingerprint density at radius 2 is 2.11 bits per heavy atom. The van der Waals surface area contributed by atoms with Gasteiger partial charge in [-0.2, -0.15) is 5.10 Å². The van der Waals surface area contributed by atoms with Crippen molar-refractivity contribution in [2.24, 2.45) is 7.05 Å². The molecule has 2 N–H and O–H groups in total. The summed E-state index contributed by atoms with van der Waals surface area (Å²) in [7, 11) is 1.83. The molecule has 1 amide bonds. The molecule has 19 heavy (non-hydrogen) atoms. The first-order chi connectivity index (χ1) is 8.78. The lowest BCUT2D eigenvalue weighted by atomic mass is 9.98. The van der Waals surface area contributed by atoms with Crippen LogP contribution in [0.2, 0.25) is 0 Å². The van der Waals surface area contributed by atoms with E-state index in [1.165, 1.54) is 0 Å². The van der Waals surface area contributed by atoms with E-state index in [1.54, 1.807) is 10.9 Å². The summed E-state index contributed by atoms with van der Waals surface area (Å²) in [6.07, 6.45) is 5.10. The zero-order valence-electron chi connectivity index (χ0n) is 11.6. The standard InChI is InChI=1S/C13H21N3O3/c1-13(2,7-6-12(18)19)15-11(17)5-4-10-8-14-16(3)9-10/h8-9H,4-7H2,1-3H3,(H,15,17)(H,18,19). The number of amides is 1. The monoisotopic (exact) mass is 267 g/mol. The first kappa shape index (κ1) is 15.2. The zero-order valence-corrected chi connectivity index (χ0v) is 11.6. The van der Waals surface area contributed by atoms with Gasteiger partial charge in [0.05, 0.1) is 6.20 Å². The first-order valence-electron chi connectivity index (χ1n) is 6.29. The highest BCUT2D eigenvalue weighted by Gasteiger charge is 2.21. The molecule has 1 aromatic heterocycles. The molecule has 6 nitrogen and oxygen atoms in total. The van der Waals surface area contributed by atoms with Crippen LogP contribution in [-0.2, 0) is 23.1 Å². The van der Waals surface area contributed by atoms with Crippen molar-refractivity contribution in [1.82, 2.24) is 15.1 Å². The van der Waals surface area contributed by atoms with E-state index in [9.17, 15) is 9.59 Å². The lowest BCUT2D eigenvalue weighted by Crippen LogP contribution is -2.43. The second kappa shape index (κ2) is 6.36. The van der Waals surface area contributed by atoms with Gasteiger partial charge in [-0.25, -0.2) is 0 Å². The number of nitrogens with one attached hydrogen (secondary N) is 1. The van der Waals surface area contributed by atoms with Crippen LogP contribution in [0.25, 0.3) is 0 Å². The van der Waals surface area contributed by atoms with Crippen LogP contribution in [0, 0.1) is 0 Å². The van der Waals surface area contributed by atoms with Crippen molar-refractivity contribution in [3.63, 3.8) is 0 Å². The summed E-state index contributed by atoms with van der Waals surface area (Å²) >= 11 is 0. The molecule has 0 bridgehead atoms. The largest absolute Gasteiger partial charge is 0.481 e. The van der Waals surface area contributed by atoms with Crippen molar-refractivity contribution in [3.8, 4) is 0 Å². The summed E-state index contributed by atoms with van der Waals surface area (Å²) in [5.41, 5.74) is 0.519. The Labute approximate surface area is 112 Å². The molecular weight excluding hydrogens is 246 g/mol. The van der Waals surface area contributed by atoms with Crippen molar-refractivity contribution in [1.29, 1.82) is 0 Å². The minimum atomic E-state index is -0.849. The van der Waals surface area contributed by atoms with Gasteiger partial charge < -0.3 is 10.4 Å². The highest BCUT2D eigenvalue weighted by molar-refractivity contribution is 5.77. The Morgan fingerprint density at radius 3 is 2.63 bits per heavy atom. The average molecular weight is 267 g/mol. The van der Waals surface area contributed by atoms with Crippen LogP contribution in [-0.4, -0.2) is 32.3 Å². The number of aromatic nitrogens is 2. The van der Waals surface area contributed by atoms with E-state index in [4.69, 9.17) is 5.11 Å². The molecule has 0 atom stereocenters. The summed E-state index contributed by atoms with van der Waals surface area (Å²) in [6, 6.07) is 0. The maximum absolute atomic E-state index is 11.8. The Hall–Kier alpha value is -1.85. The van der Waals surface area contributed by atoms with Gasteiger partial charge in [0.15, 0.2) is 0 Å². The Kier molecular flexibility index (Phi) is 5.09. The Morgan fingerprint density at radius 1 is 1.42 bits per heavy atom. The van der Waals surface area contributed by atoms with Gasteiger partial charge in [0.2, 0.25) is 5.91 Å². The number of hydrogen-bond donors (Lipinski definition) is 2. The van der Waals surface area contributed by atoms with Crippen LogP contribution in [0.4, 0.5) is 0 Å². The van der Waals surface area contributed by atoms with E-state index in [0.717, 1.165) is 5.56 Å². The number of carbonyl (C=O) groups is 2. The number of carboxylic acid groups (broad SMARTS) is 1. The maximum Gasteiger partial charge on any atom is 0.303 e. The number of aryl methyl sites for hydroxylation is 2. The zero-order chi connectivity index (χ0) is 14.5. The third-order valence-electron chi connectivity index (χ3n) is 2.84. The second-order valence-electron chi connectivity index (χ2n) is 5.35. The predicted molar refractivity (Wildman–Crippen MR) is 70.6 cm³/mol. The van der Waals surface area contributed by atoms with Gasteiger partial charge in [-0.3, -0.25) is 14.3 Å². The number of carboxylic acids is 1. The Bertz CT molecular complexity index is 452. The van der Waals surface area contributed by atoms with E-state index in [2.05, 4.69) is 10.4 Å². The van der Waals surface area contributed by atoms with E-state index >= 15 is 0 Å². The third kappa shape index (κ3) is 6.03. The number of nitrogens with zero attached hydrogens (tertiary/aromatic N) is 2. The molecule has 1 heterocycles. The van der Waals surface area contributed by atoms with Crippen LogP contribution in [0.15, 0.2) is 12.4 Å². The molecule has 0 unspecified atom stereocenters. The molecule has 0 aliphatic heterocycles.